The van der Waals surface area contributed by atoms with Gasteiger partial charge in [-0.1, -0.05) is 12.1 Å². The molecular formula is C22H31N3O3. The molecule has 0 unspecified atom stereocenters. The quantitative estimate of drug-likeness (QED) is 0.858. The Morgan fingerprint density at radius 3 is 2.32 bits per heavy atom. The zero-order valence-corrected chi connectivity index (χ0v) is 17.5. The number of aliphatic hydroxyl groups excluding tert-OH is 1. The smallest absolute Gasteiger partial charge is 0.410 e. The topological polar surface area (TPSA) is 67.6 Å². The molecule has 0 atom stereocenters. The zero-order chi connectivity index (χ0) is 20.5. The second kappa shape index (κ2) is 7.95. The van der Waals surface area contributed by atoms with Crippen LogP contribution < -0.4 is 0 Å². The van der Waals surface area contributed by atoms with Crippen molar-refractivity contribution in [3.8, 4) is 11.1 Å². The summed E-state index contributed by atoms with van der Waals surface area (Å²) < 4.78 is 7.49. The number of benzene rings is 1. The molecule has 28 heavy (non-hydrogen) atoms. The third kappa shape index (κ3) is 4.55. The number of likely N-dealkylation sites (tertiary alicyclic amines) is 1. The number of aromatic nitrogens is 2. The van der Waals surface area contributed by atoms with Gasteiger partial charge in [0.05, 0.1) is 18.8 Å². The lowest BCUT2D eigenvalue weighted by Gasteiger charge is -2.33. The Morgan fingerprint density at radius 2 is 1.79 bits per heavy atom. The lowest BCUT2D eigenvalue weighted by Crippen LogP contribution is -2.42. The van der Waals surface area contributed by atoms with E-state index in [1.54, 1.807) is 4.90 Å². The standard InChI is InChI=1S/C22H31N3O3/c1-15-10-17(11-16(2)20(15)14-26)18-12-23-25(13-18)19-6-8-24(9-7-19)21(27)28-22(3,4)5/h10-13,19,26H,6-9,14H2,1-5H3. The molecule has 0 bridgehead atoms. The van der Waals surface area contributed by atoms with Gasteiger partial charge in [0.15, 0.2) is 0 Å². The summed E-state index contributed by atoms with van der Waals surface area (Å²) in [5.74, 6) is 0. The minimum absolute atomic E-state index is 0.0629. The van der Waals surface area contributed by atoms with Gasteiger partial charge in [0, 0.05) is 24.8 Å². The molecule has 3 rings (SSSR count). The first kappa shape index (κ1) is 20.4. The average molecular weight is 386 g/mol. The fourth-order valence-electron chi connectivity index (χ4n) is 3.74. The fraction of sp³-hybridized carbons (Fsp3) is 0.545. The molecular weight excluding hydrogens is 354 g/mol. The van der Waals surface area contributed by atoms with Crippen LogP contribution in [0.25, 0.3) is 11.1 Å². The Bertz CT molecular complexity index is 820. The maximum absolute atomic E-state index is 12.2. The molecule has 2 aromatic rings. The van der Waals surface area contributed by atoms with Gasteiger partial charge >= 0.3 is 6.09 Å². The SMILES string of the molecule is Cc1cc(-c2cnn(C3CCN(C(=O)OC(C)(C)C)CC3)c2)cc(C)c1CO. The second-order valence-corrected chi connectivity index (χ2v) is 8.65. The van der Waals surface area contributed by atoms with Crippen molar-refractivity contribution in [2.24, 2.45) is 0 Å². The molecule has 2 heterocycles. The Balaban J connectivity index is 1.67. The van der Waals surface area contributed by atoms with E-state index in [0.29, 0.717) is 13.1 Å². The molecule has 152 valence electrons. The summed E-state index contributed by atoms with van der Waals surface area (Å²) in [6, 6.07) is 4.49. The summed E-state index contributed by atoms with van der Waals surface area (Å²) in [5, 5.41) is 14.1. The molecule has 1 aliphatic heterocycles. The van der Waals surface area contributed by atoms with Gasteiger partial charge in [-0.2, -0.15) is 5.10 Å². The first-order chi connectivity index (χ1) is 13.2. The number of nitrogens with zero attached hydrogens (tertiary/aromatic N) is 3. The first-order valence-corrected chi connectivity index (χ1v) is 9.91. The predicted molar refractivity (Wildman–Crippen MR) is 109 cm³/mol. The molecule has 1 fully saturated rings. The number of hydrogen-bond donors (Lipinski definition) is 1. The normalized spacial score (nSPS) is 15.7. The number of rotatable bonds is 3. The molecule has 0 spiro atoms. The number of piperidine rings is 1. The molecule has 1 N–H and O–H groups in total. The molecule has 0 aliphatic carbocycles. The van der Waals surface area contributed by atoms with Gasteiger partial charge < -0.3 is 14.7 Å². The Morgan fingerprint density at radius 1 is 1.18 bits per heavy atom. The van der Waals surface area contributed by atoms with Crippen molar-refractivity contribution >= 4 is 6.09 Å². The van der Waals surface area contributed by atoms with Crippen LogP contribution in [0.15, 0.2) is 24.5 Å². The highest BCUT2D eigenvalue weighted by Crippen LogP contribution is 2.28. The van der Waals surface area contributed by atoms with Crippen LogP contribution >= 0.6 is 0 Å². The summed E-state index contributed by atoms with van der Waals surface area (Å²) in [4.78, 5) is 14.0. The highest BCUT2D eigenvalue weighted by molar-refractivity contribution is 5.68. The number of hydrogen-bond acceptors (Lipinski definition) is 4. The maximum atomic E-state index is 12.2. The number of amides is 1. The molecule has 1 amide bonds. The highest BCUT2D eigenvalue weighted by Gasteiger charge is 2.27. The van der Waals surface area contributed by atoms with Gasteiger partial charge in [-0.15, -0.1) is 0 Å². The van der Waals surface area contributed by atoms with E-state index in [1.165, 1.54) is 0 Å². The molecule has 1 aromatic heterocycles. The largest absolute Gasteiger partial charge is 0.444 e. The zero-order valence-electron chi connectivity index (χ0n) is 17.5. The fourth-order valence-corrected chi connectivity index (χ4v) is 3.74. The summed E-state index contributed by atoms with van der Waals surface area (Å²) in [7, 11) is 0. The van der Waals surface area contributed by atoms with Gasteiger partial charge in [-0.3, -0.25) is 4.68 Å². The second-order valence-electron chi connectivity index (χ2n) is 8.65. The van der Waals surface area contributed by atoms with E-state index in [9.17, 15) is 9.90 Å². The summed E-state index contributed by atoms with van der Waals surface area (Å²) in [6.45, 7) is 11.1. The van der Waals surface area contributed by atoms with Crippen LogP contribution in [0.2, 0.25) is 0 Å². The number of aliphatic hydroxyl groups is 1. The van der Waals surface area contributed by atoms with Crippen LogP contribution in [-0.4, -0.2) is 44.6 Å². The van der Waals surface area contributed by atoms with E-state index < -0.39 is 5.60 Å². The molecule has 1 aromatic carbocycles. The van der Waals surface area contributed by atoms with Crippen molar-refractivity contribution < 1.29 is 14.6 Å². The average Bonchev–Trinajstić information content (AvgIpc) is 3.10. The molecule has 6 nitrogen and oxygen atoms in total. The predicted octanol–water partition coefficient (Wildman–Crippen LogP) is 4.23. The van der Waals surface area contributed by atoms with Gasteiger partial charge in [0.25, 0.3) is 0 Å². The van der Waals surface area contributed by atoms with Gasteiger partial charge in [-0.25, -0.2) is 4.79 Å². The minimum Gasteiger partial charge on any atom is -0.444 e. The highest BCUT2D eigenvalue weighted by atomic mass is 16.6. The van der Waals surface area contributed by atoms with Crippen molar-refractivity contribution in [3.05, 3.63) is 41.2 Å². The van der Waals surface area contributed by atoms with Gasteiger partial charge in [-0.05, 0) is 69.7 Å². The van der Waals surface area contributed by atoms with E-state index in [-0.39, 0.29) is 18.7 Å². The van der Waals surface area contributed by atoms with Crippen molar-refractivity contribution in [2.75, 3.05) is 13.1 Å². The van der Waals surface area contributed by atoms with Crippen LogP contribution in [0.4, 0.5) is 4.79 Å². The Labute approximate surface area is 167 Å². The molecule has 1 saturated heterocycles. The minimum atomic E-state index is -0.466. The monoisotopic (exact) mass is 385 g/mol. The van der Waals surface area contributed by atoms with E-state index in [1.807, 2.05) is 45.5 Å². The van der Waals surface area contributed by atoms with E-state index in [2.05, 4.69) is 23.4 Å². The number of carbonyl (C=O) groups is 1. The van der Waals surface area contributed by atoms with Crippen molar-refractivity contribution in [3.63, 3.8) is 0 Å². The maximum Gasteiger partial charge on any atom is 0.410 e. The lowest BCUT2D eigenvalue weighted by atomic mass is 9.97. The summed E-state index contributed by atoms with van der Waals surface area (Å²) in [6.07, 6.45) is 5.47. The van der Waals surface area contributed by atoms with E-state index in [0.717, 1.165) is 40.7 Å². The van der Waals surface area contributed by atoms with Gasteiger partial charge in [0.2, 0.25) is 0 Å². The number of aryl methyl sites for hydroxylation is 2. The molecule has 6 heteroatoms. The third-order valence-electron chi connectivity index (χ3n) is 5.28. The Hall–Kier alpha value is -2.34. The van der Waals surface area contributed by atoms with Crippen LogP contribution in [0.1, 0.15) is 56.3 Å². The molecule has 0 saturated carbocycles. The van der Waals surface area contributed by atoms with Crippen molar-refractivity contribution in [1.29, 1.82) is 0 Å². The van der Waals surface area contributed by atoms with E-state index >= 15 is 0 Å². The van der Waals surface area contributed by atoms with Crippen molar-refractivity contribution in [2.45, 2.75) is 65.7 Å². The first-order valence-electron chi connectivity index (χ1n) is 9.91. The summed E-state index contributed by atoms with van der Waals surface area (Å²) in [5.41, 5.74) is 4.90. The third-order valence-corrected chi connectivity index (χ3v) is 5.28. The number of carbonyl (C=O) groups excluding carboxylic acids is 1. The summed E-state index contributed by atoms with van der Waals surface area (Å²) >= 11 is 0. The van der Waals surface area contributed by atoms with Crippen molar-refractivity contribution in [1.82, 2.24) is 14.7 Å². The molecule has 1 aliphatic rings. The van der Waals surface area contributed by atoms with Crippen LogP contribution in [0.3, 0.4) is 0 Å². The van der Waals surface area contributed by atoms with Gasteiger partial charge in [0.1, 0.15) is 5.60 Å². The van der Waals surface area contributed by atoms with Crippen LogP contribution in [0, 0.1) is 13.8 Å². The number of ether oxygens (including phenoxy) is 1. The lowest BCUT2D eigenvalue weighted by molar-refractivity contribution is 0.0185. The Kier molecular flexibility index (Phi) is 5.79. The molecule has 0 radical (unpaired) electrons. The van der Waals surface area contributed by atoms with E-state index in [4.69, 9.17) is 4.74 Å². The van der Waals surface area contributed by atoms with Crippen LogP contribution in [-0.2, 0) is 11.3 Å². The van der Waals surface area contributed by atoms with Crippen LogP contribution in [0.5, 0.6) is 0 Å².